The van der Waals surface area contributed by atoms with Crippen molar-refractivity contribution in [1.82, 2.24) is 0 Å². The summed E-state index contributed by atoms with van der Waals surface area (Å²) in [6.45, 7) is 0. The Labute approximate surface area is 546 Å². The minimum absolute atomic E-state index is 0.101. The molecule has 92 heavy (non-hydrogen) atoms. The summed E-state index contributed by atoms with van der Waals surface area (Å²) in [5.74, 6) is 0.683. The smallest absolute Gasteiger partial charge is 0.537 e. The number of benzene rings is 15. The van der Waals surface area contributed by atoms with Crippen LogP contribution in [-0.4, -0.2) is 22.6 Å². The van der Waals surface area contributed by atoms with Crippen molar-refractivity contribution < 1.29 is 19.5 Å². The Bertz CT molecular complexity index is 6080. The molecule has 1 aliphatic rings. The molecule has 0 atom stereocenters. The number of halogens is 1. The second-order valence-corrected chi connectivity index (χ2v) is 26.6. The zero-order chi connectivity index (χ0) is 62.1. The minimum Gasteiger partial charge on any atom is -0.537 e. The van der Waals surface area contributed by atoms with E-state index < -0.39 is 4.92 Å². The van der Waals surface area contributed by atoms with Gasteiger partial charge in [-0.15, -0.1) is 34.0 Å². The molecule has 0 fully saturated rings. The summed E-state index contributed by atoms with van der Waals surface area (Å²) in [6, 6.07) is 90.7. The van der Waals surface area contributed by atoms with Gasteiger partial charge in [-0.25, -0.2) is 0 Å². The molecule has 13 heteroatoms. The molecule has 0 aliphatic heterocycles. The first-order valence-corrected chi connectivity index (χ1v) is 33.1. The van der Waals surface area contributed by atoms with Gasteiger partial charge in [-0.3, -0.25) is 20.2 Å². The first-order chi connectivity index (χ1) is 45.2. The normalized spacial score (nSPS) is 11.7. The topological polar surface area (TPSA) is 116 Å². The Morgan fingerprint density at radius 2 is 0.793 bits per heavy atom. The Morgan fingerprint density at radius 3 is 1.37 bits per heavy atom. The number of rotatable bonds is 5. The van der Waals surface area contributed by atoms with E-state index in [1.165, 1.54) is 106 Å². The van der Waals surface area contributed by atoms with Crippen LogP contribution in [0.5, 0.6) is 5.75 Å². The van der Waals surface area contributed by atoms with Crippen LogP contribution in [-0.2, 0) is 6.42 Å². The van der Waals surface area contributed by atoms with Gasteiger partial charge in [0.05, 0.1) is 15.4 Å². The zero-order valence-corrected chi connectivity index (χ0v) is 52.7. The van der Waals surface area contributed by atoms with Gasteiger partial charge in [0.2, 0.25) is 0 Å². The third-order valence-corrected chi connectivity index (χ3v) is 21.9. The molecule has 0 saturated heterocycles. The SMILES string of the molecule is O=[N+]([O-])c1ccc2ccccc2c1-c1cc2sc3ccccc3c2c2ccccc12.O=[N+]([O-])c1ccc2ccccc2c1Br.O[B]Oc1cc2sc3ccccc3c2c2ccccc12.c1ccc2c3c(ccc2c1)Cc1c-3c2ccccc2c2c1sc1ccccc12. The van der Waals surface area contributed by atoms with Crippen LogP contribution < -0.4 is 4.65 Å². The number of nitro benzene ring substituents is 2. The van der Waals surface area contributed by atoms with E-state index in [9.17, 15) is 20.2 Å². The summed E-state index contributed by atoms with van der Waals surface area (Å²) in [5.41, 5.74) is 7.72. The molecular formula is C79H47BBrN2O6S3. The summed E-state index contributed by atoms with van der Waals surface area (Å²) in [5, 5.41) is 52.9. The lowest BCUT2D eigenvalue weighted by Gasteiger charge is -2.12. The van der Waals surface area contributed by atoms with Crippen LogP contribution in [0.1, 0.15) is 11.1 Å². The molecule has 0 amide bonds. The molecule has 8 nitrogen and oxygen atoms in total. The molecule has 15 aromatic carbocycles. The van der Waals surface area contributed by atoms with Crippen molar-refractivity contribution in [3.8, 4) is 28.0 Å². The summed E-state index contributed by atoms with van der Waals surface area (Å²) in [4.78, 5) is 22.0. The standard InChI is InChI=1S/C27H16S.C26H15NO2S.C16H10BO2S.C10H6BrNO2/c1-2-8-18-16(7-1)13-14-17-15-22-25(24(17)18)19-9-3-4-10-20(19)26-21-11-5-6-12-23(21)28-27(22)26;28-27(29)22-14-13-16-7-1-2-8-17(16)25(22)21-15-24-26(19-10-4-3-9-18(19)21)20-11-5-6-12-23(20)30-24;18-17-19-13-9-15-16(11-6-2-1-5-10(11)13)12-7-3-4-8-14(12)20-15;11-10-8-4-2-1-3-7(8)5-6-9(10)12(13)14/h1-14H,15H2;1-15H;1-9,18H;1-6H. The molecule has 0 bridgehead atoms. The van der Waals surface area contributed by atoms with E-state index in [1.807, 2.05) is 102 Å². The molecule has 0 unspecified atom stereocenters. The van der Waals surface area contributed by atoms with Crippen LogP contribution in [0.15, 0.2) is 271 Å². The molecule has 3 aromatic heterocycles. The summed E-state index contributed by atoms with van der Waals surface area (Å²) in [6.07, 6.45) is 1.03. The quantitative estimate of drug-likeness (QED) is 0.104. The Hall–Kier alpha value is -10.4. The van der Waals surface area contributed by atoms with Gasteiger partial charge in [-0.2, -0.15) is 0 Å². The third-order valence-electron chi connectivity index (χ3n) is 17.6. The lowest BCUT2D eigenvalue weighted by molar-refractivity contribution is -0.385. The van der Waals surface area contributed by atoms with Gasteiger partial charge in [0.25, 0.3) is 11.4 Å². The van der Waals surface area contributed by atoms with Gasteiger partial charge in [0.15, 0.2) is 0 Å². The summed E-state index contributed by atoms with van der Waals surface area (Å²) in [7, 11) is 0.737. The Balaban J connectivity index is 0.000000101. The maximum Gasteiger partial charge on any atom is 0.569 e. The lowest BCUT2D eigenvalue weighted by atomic mass is 9.91. The molecule has 1 aliphatic carbocycles. The van der Waals surface area contributed by atoms with Crippen LogP contribution in [0.2, 0.25) is 0 Å². The molecule has 1 N–H and O–H groups in total. The number of nitro groups is 2. The fraction of sp³-hybridized carbons (Fsp3) is 0.0127. The monoisotopic (exact) mass is 1310 g/mol. The molecular weight excluding hydrogens is 1260 g/mol. The molecule has 18 aromatic rings. The van der Waals surface area contributed by atoms with Crippen LogP contribution in [0.3, 0.4) is 0 Å². The van der Waals surface area contributed by atoms with Crippen LogP contribution in [0.25, 0.3) is 147 Å². The van der Waals surface area contributed by atoms with E-state index in [2.05, 4.69) is 174 Å². The second-order valence-electron chi connectivity index (χ2n) is 22.6. The highest BCUT2D eigenvalue weighted by Crippen LogP contribution is 2.53. The second kappa shape index (κ2) is 23.5. The summed E-state index contributed by atoms with van der Waals surface area (Å²) < 4.78 is 13.5. The summed E-state index contributed by atoms with van der Waals surface area (Å²) >= 11 is 8.67. The van der Waals surface area contributed by atoms with Gasteiger partial charge >= 0.3 is 7.69 Å². The Morgan fingerprint density at radius 1 is 0.380 bits per heavy atom. The van der Waals surface area contributed by atoms with E-state index in [4.69, 9.17) is 9.68 Å². The average molecular weight is 1310 g/mol. The molecule has 0 saturated carbocycles. The van der Waals surface area contributed by atoms with Gasteiger partial charge in [-0.1, -0.05) is 212 Å². The predicted octanol–water partition coefficient (Wildman–Crippen LogP) is 23.5. The highest BCUT2D eigenvalue weighted by Gasteiger charge is 2.28. The lowest BCUT2D eigenvalue weighted by Crippen LogP contribution is -2.00. The van der Waals surface area contributed by atoms with Gasteiger partial charge < -0.3 is 9.68 Å². The first kappa shape index (κ1) is 56.8. The Kier molecular flexibility index (Phi) is 14.5. The molecule has 0 spiro atoms. The number of hydrogen-bond acceptors (Lipinski definition) is 9. The van der Waals surface area contributed by atoms with E-state index in [1.54, 1.807) is 34.8 Å². The maximum atomic E-state index is 12.0. The number of fused-ring (bicyclic) bond motifs is 24. The third kappa shape index (κ3) is 9.58. The van der Waals surface area contributed by atoms with Gasteiger partial charge in [-0.05, 0) is 140 Å². The molecule has 19 rings (SSSR count). The van der Waals surface area contributed by atoms with Gasteiger partial charge in [0, 0.05) is 89.8 Å². The molecule has 3 heterocycles. The molecule has 437 valence electrons. The minimum atomic E-state index is -0.392. The van der Waals surface area contributed by atoms with Crippen molar-refractivity contribution in [2.75, 3.05) is 0 Å². The fourth-order valence-corrected chi connectivity index (χ4v) is 17.9. The van der Waals surface area contributed by atoms with Crippen LogP contribution >= 0.6 is 49.9 Å². The van der Waals surface area contributed by atoms with E-state index in [0.29, 0.717) is 15.8 Å². The molecule has 1 radical (unpaired) electrons. The number of thiophene rings is 3. The highest BCUT2D eigenvalue weighted by molar-refractivity contribution is 9.10. The first-order valence-electron chi connectivity index (χ1n) is 29.8. The number of hydrogen-bond donors (Lipinski definition) is 1. The van der Waals surface area contributed by atoms with Crippen molar-refractivity contribution in [3.63, 3.8) is 0 Å². The highest BCUT2D eigenvalue weighted by atomic mass is 79.9. The van der Waals surface area contributed by atoms with Crippen molar-refractivity contribution in [2.24, 2.45) is 0 Å². The van der Waals surface area contributed by atoms with Crippen molar-refractivity contribution >= 4 is 194 Å². The predicted molar refractivity (Wildman–Crippen MR) is 393 cm³/mol. The van der Waals surface area contributed by atoms with E-state index >= 15 is 0 Å². The fourth-order valence-electron chi connectivity index (χ4n) is 13.7. The van der Waals surface area contributed by atoms with Crippen molar-refractivity contribution in [2.45, 2.75) is 6.42 Å². The van der Waals surface area contributed by atoms with Crippen molar-refractivity contribution in [1.29, 1.82) is 0 Å². The van der Waals surface area contributed by atoms with Crippen LogP contribution in [0.4, 0.5) is 11.4 Å². The van der Waals surface area contributed by atoms with Crippen LogP contribution in [0, 0.1) is 20.2 Å². The van der Waals surface area contributed by atoms with Gasteiger partial charge in [0.1, 0.15) is 10.2 Å². The van der Waals surface area contributed by atoms with Crippen molar-refractivity contribution in [3.05, 3.63) is 303 Å². The van der Waals surface area contributed by atoms with E-state index in [-0.39, 0.29) is 16.3 Å². The largest absolute Gasteiger partial charge is 0.569 e. The van der Waals surface area contributed by atoms with E-state index in [0.717, 1.165) is 67.5 Å². The zero-order valence-electron chi connectivity index (χ0n) is 48.7. The number of nitrogens with zero attached hydrogens (tertiary/aromatic N) is 2. The average Bonchev–Trinajstić information content (AvgIpc) is 1.56. The maximum absolute atomic E-state index is 12.0.